The number of aromatic nitrogens is 2. The van der Waals surface area contributed by atoms with Gasteiger partial charge in [-0.25, -0.2) is 14.2 Å². The van der Waals surface area contributed by atoms with Crippen molar-refractivity contribution in [2.75, 3.05) is 14.2 Å². The molecule has 0 N–H and O–H groups in total. The van der Waals surface area contributed by atoms with Crippen LogP contribution in [0.3, 0.4) is 0 Å². The number of esters is 1. The molecule has 0 fully saturated rings. The van der Waals surface area contributed by atoms with Crippen LogP contribution in [0.25, 0.3) is 5.65 Å². The van der Waals surface area contributed by atoms with Gasteiger partial charge in [-0.3, -0.25) is 0 Å². The second-order valence-electron chi connectivity index (χ2n) is 7.48. The van der Waals surface area contributed by atoms with Gasteiger partial charge in [0.2, 0.25) is 0 Å². The zero-order valence-electron chi connectivity index (χ0n) is 16.2. The lowest BCUT2D eigenvalue weighted by atomic mass is 9.85. The predicted octanol–water partition coefficient (Wildman–Crippen LogP) is 4.16. The van der Waals surface area contributed by atoms with Gasteiger partial charge in [0.1, 0.15) is 17.2 Å². The van der Waals surface area contributed by atoms with Gasteiger partial charge in [-0.1, -0.05) is 20.8 Å². The van der Waals surface area contributed by atoms with Gasteiger partial charge in [0.05, 0.1) is 25.5 Å². The lowest BCUT2D eigenvalue weighted by Crippen LogP contribution is -2.14. The van der Waals surface area contributed by atoms with E-state index in [-0.39, 0.29) is 11.2 Å². The fourth-order valence-electron chi connectivity index (χ4n) is 3.05. The molecule has 2 heterocycles. The third-order valence-corrected chi connectivity index (χ3v) is 4.48. The summed E-state index contributed by atoms with van der Waals surface area (Å²) < 4.78 is 26.7. The summed E-state index contributed by atoms with van der Waals surface area (Å²) in [6, 6.07) is 6.58. The summed E-state index contributed by atoms with van der Waals surface area (Å²) in [5.41, 5.74) is 2.83. The molecule has 27 heavy (non-hydrogen) atoms. The maximum atomic E-state index is 14.7. The molecule has 0 aliphatic carbocycles. The van der Waals surface area contributed by atoms with Crippen LogP contribution in [-0.4, -0.2) is 29.6 Å². The SMILES string of the molecule is COC(=O)c1ccn2cc(Cc3cc(OC)c(C(C)(C)C)cc3F)nc2c1. The smallest absolute Gasteiger partial charge is 0.338 e. The summed E-state index contributed by atoms with van der Waals surface area (Å²) >= 11 is 0. The Bertz CT molecular complexity index is 1000. The van der Waals surface area contributed by atoms with Crippen LogP contribution in [0.1, 0.15) is 48.0 Å². The second-order valence-corrected chi connectivity index (χ2v) is 7.48. The fourth-order valence-corrected chi connectivity index (χ4v) is 3.05. The van der Waals surface area contributed by atoms with Crippen LogP contribution in [0.4, 0.5) is 4.39 Å². The molecule has 0 radical (unpaired) electrons. The number of carbonyl (C=O) groups excluding carboxylic acids is 1. The number of rotatable bonds is 4. The van der Waals surface area contributed by atoms with Crippen LogP contribution in [0.2, 0.25) is 0 Å². The highest BCUT2D eigenvalue weighted by molar-refractivity contribution is 5.90. The summed E-state index contributed by atoms with van der Waals surface area (Å²) in [6.07, 6.45) is 3.87. The predicted molar refractivity (Wildman–Crippen MR) is 101 cm³/mol. The third kappa shape index (κ3) is 3.79. The van der Waals surface area contributed by atoms with Crippen molar-refractivity contribution in [3.05, 3.63) is 64.9 Å². The van der Waals surface area contributed by atoms with Crippen molar-refractivity contribution in [1.82, 2.24) is 9.38 Å². The third-order valence-electron chi connectivity index (χ3n) is 4.48. The lowest BCUT2D eigenvalue weighted by molar-refractivity contribution is 0.0600. The normalized spacial score (nSPS) is 11.6. The molecule has 0 bridgehead atoms. The number of ether oxygens (including phenoxy) is 2. The van der Waals surface area contributed by atoms with E-state index in [2.05, 4.69) is 4.98 Å². The van der Waals surface area contributed by atoms with Gasteiger partial charge < -0.3 is 13.9 Å². The molecule has 142 valence electrons. The first kappa shape index (κ1) is 18.9. The molecule has 5 nitrogen and oxygen atoms in total. The Morgan fingerprint density at radius 1 is 1.22 bits per heavy atom. The van der Waals surface area contributed by atoms with E-state index < -0.39 is 5.97 Å². The van der Waals surface area contributed by atoms with Crippen LogP contribution < -0.4 is 4.74 Å². The maximum absolute atomic E-state index is 14.7. The molecule has 0 aliphatic rings. The minimum Gasteiger partial charge on any atom is -0.496 e. The maximum Gasteiger partial charge on any atom is 0.338 e. The highest BCUT2D eigenvalue weighted by Gasteiger charge is 2.22. The van der Waals surface area contributed by atoms with Gasteiger partial charge in [0, 0.05) is 24.4 Å². The van der Waals surface area contributed by atoms with Crippen molar-refractivity contribution in [2.24, 2.45) is 0 Å². The Labute approximate surface area is 157 Å². The van der Waals surface area contributed by atoms with E-state index >= 15 is 0 Å². The molecule has 1 aromatic carbocycles. The van der Waals surface area contributed by atoms with Crippen LogP contribution in [-0.2, 0) is 16.6 Å². The Balaban J connectivity index is 1.96. The van der Waals surface area contributed by atoms with E-state index in [0.29, 0.717) is 34.6 Å². The largest absolute Gasteiger partial charge is 0.496 e. The number of hydrogen-bond donors (Lipinski definition) is 0. The van der Waals surface area contributed by atoms with E-state index in [1.165, 1.54) is 7.11 Å². The number of halogens is 1. The molecule has 0 unspecified atom stereocenters. The summed E-state index contributed by atoms with van der Waals surface area (Å²) in [7, 11) is 2.92. The van der Waals surface area contributed by atoms with E-state index in [1.54, 1.807) is 42.0 Å². The highest BCUT2D eigenvalue weighted by Crippen LogP contribution is 2.34. The fraction of sp³-hybridized carbons (Fsp3) is 0.333. The standard InChI is InChI=1S/C21H23FN2O3/c1-21(2,3)16-11-17(22)14(9-18(16)26-4)8-15-12-24-7-6-13(20(25)27-5)10-19(24)23-15/h6-7,9-12H,8H2,1-5H3. The number of fused-ring (bicyclic) bond motifs is 1. The van der Waals surface area contributed by atoms with Gasteiger partial charge in [-0.15, -0.1) is 0 Å². The first-order chi connectivity index (χ1) is 12.7. The van der Waals surface area contributed by atoms with Crippen LogP contribution in [0.5, 0.6) is 5.75 Å². The minimum absolute atomic E-state index is 0.224. The summed E-state index contributed by atoms with van der Waals surface area (Å²) in [4.78, 5) is 16.2. The van der Waals surface area contributed by atoms with E-state index in [4.69, 9.17) is 9.47 Å². The van der Waals surface area contributed by atoms with Gasteiger partial charge in [-0.05, 0) is 35.2 Å². The number of carbonyl (C=O) groups is 1. The molecule has 0 aliphatic heterocycles. The highest BCUT2D eigenvalue weighted by atomic mass is 19.1. The second kappa shape index (κ2) is 7.02. The quantitative estimate of drug-likeness (QED) is 0.647. The minimum atomic E-state index is -0.421. The van der Waals surface area contributed by atoms with Crippen LogP contribution >= 0.6 is 0 Å². The molecule has 0 spiro atoms. The summed E-state index contributed by atoms with van der Waals surface area (Å²) in [5.74, 6) is -0.0423. The number of pyridine rings is 1. The summed E-state index contributed by atoms with van der Waals surface area (Å²) in [5, 5.41) is 0. The van der Waals surface area contributed by atoms with Crippen molar-refractivity contribution in [1.29, 1.82) is 0 Å². The molecular formula is C21H23FN2O3. The zero-order valence-corrected chi connectivity index (χ0v) is 16.2. The van der Waals surface area contributed by atoms with Crippen LogP contribution in [0, 0.1) is 5.82 Å². The summed E-state index contributed by atoms with van der Waals surface area (Å²) in [6.45, 7) is 6.06. The Kier molecular flexibility index (Phi) is 4.91. The molecule has 3 rings (SSSR count). The first-order valence-corrected chi connectivity index (χ1v) is 8.65. The van der Waals surface area contributed by atoms with E-state index in [9.17, 15) is 9.18 Å². The average Bonchev–Trinajstić information content (AvgIpc) is 3.02. The molecular weight excluding hydrogens is 347 g/mol. The lowest BCUT2D eigenvalue weighted by Gasteiger charge is -2.23. The monoisotopic (exact) mass is 370 g/mol. The number of nitrogens with zero attached hydrogens (tertiary/aromatic N) is 2. The molecule has 3 aromatic rings. The van der Waals surface area contributed by atoms with E-state index in [0.717, 1.165) is 5.56 Å². The van der Waals surface area contributed by atoms with Gasteiger partial charge in [0.25, 0.3) is 0 Å². The van der Waals surface area contributed by atoms with Gasteiger partial charge >= 0.3 is 5.97 Å². The molecule has 0 saturated heterocycles. The average molecular weight is 370 g/mol. The number of imidazole rings is 1. The van der Waals surface area contributed by atoms with Crippen molar-refractivity contribution in [3.8, 4) is 5.75 Å². The molecule has 0 amide bonds. The number of methoxy groups -OCH3 is 2. The van der Waals surface area contributed by atoms with Crippen molar-refractivity contribution in [2.45, 2.75) is 32.6 Å². The Hall–Kier alpha value is -2.89. The van der Waals surface area contributed by atoms with Crippen molar-refractivity contribution in [3.63, 3.8) is 0 Å². The number of benzene rings is 1. The van der Waals surface area contributed by atoms with Gasteiger partial charge in [0.15, 0.2) is 0 Å². The first-order valence-electron chi connectivity index (χ1n) is 8.65. The Morgan fingerprint density at radius 2 is 1.96 bits per heavy atom. The van der Waals surface area contributed by atoms with Gasteiger partial charge in [-0.2, -0.15) is 0 Å². The number of hydrogen-bond acceptors (Lipinski definition) is 4. The van der Waals surface area contributed by atoms with Crippen molar-refractivity contribution >= 4 is 11.6 Å². The zero-order chi connectivity index (χ0) is 19.8. The molecule has 6 heteroatoms. The van der Waals surface area contributed by atoms with Crippen molar-refractivity contribution < 1.29 is 18.7 Å². The molecule has 2 aromatic heterocycles. The van der Waals surface area contributed by atoms with Crippen LogP contribution in [0.15, 0.2) is 36.7 Å². The topological polar surface area (TPSA) is 52.8 Å². The Morgan fingerprint density at radius 3 is 2.59 bits per heavy atom. The van der Waals surface area contributed by atoms with E-state index in [1.807, 2.05) is 27.0 Å². The molecule has 0 saturated carbocycles. The molecule has 0 atom stereocenters.